The molecule has 0 spiro atoms. The molecule has 75 valence electrons. The van der Waals surface area contributed by atoms with Crippen molar-refractivity contribution < 1.29 is 0 Å². The van der Waals surface area contributed by atoms with E-state index in [1.807, 2.05) is 6.07 Å². The van der Waals surface area contributed by atoms with Crippen LogP contribution in [0.15, 0.2) is 24.3 Å². The van der Waals surface area contributed by atoms with Crippen molar-refractivity contribution in [1.82, 2.24) is 0 Å². The Hall–Kier alpha value is -0.780. The lowest BCUT2D eigenvalue weighted by molar-refractivity contribution is 0.319. The Morgan fingerprint density at radius 2 is 2.07 bits per heavy atom. The largest absolute Gasteiger partial charge is 0.0651 e. The summed E-state index contributed by atoms with van der Waals surface area (Å²) in [6.07, 6.45) is 6.99. The van der Waals surface area contributed by atoms with Crippen LogP contribution < -0.4 is 0 Å². The second-order valence-electron chi connectivity index (χ2n) is 4.46. The van der Waals surface area contributed by atoms with E-state index >= 15 is 0 Å². The molecule has 0 aromatic heterocycles. The second-order valence-corrected chi connectivity index (χ2v) is 4.46. The van der Waals surface area contributed by atoms with E-state index < -0.39 is 0 Å². The summed E-state index contributed by atoms with van der Waals surface area (Å²) in [4.78, 5) is 0. The average molecular weight is 187 g/mol. The fourth-order valence-electron chi connectivity index (χ4n) is 2.57. The number of hydrogen-bond acceptors (Lipinski definition) is 0. The Kier molecular flexibility index (Phi) is 3.23. The van der Waals surface area contributed by atoms with E-state index in [-0.39, 0.29) is 0 Å². The zero-order valence-corrected chi connectivity index (χ0v) is 9.00. The van der Waals surface area contributed by atoms with Crippen LogP contribution in [0.25, 0.3) is 0 Å². The van der Waals surface area contributed by atoms with Crippen molar-refractivity contribution in [3.8, 4) is 0 Å². The van der Waals surface area contributed by atoms with E-state index in [1.54, 1.807) is 0 Å². The van der Waals surface area contributed by atoms with Crippen LogP contribution in [0, 0.1) is 12.0 Å². The van der Waals surface area contributed by atoms with Crippen LogP contribution in [-0.2, 0) is 0 Å². The molecule has 0 saturated heterocycles. The summed E-state index contributed by atoms with van der Waals surface area (Å²) in [7, 11) is 0. The molecular weight excluding hydrogens is 168 g/mol. The highest BCUT2D eigenvalue weighted by molar-refractivity contribution is 5.19. The molecule has 1 radical (unpaired) electrons. The standard InChI is InChI=1S/C14H19/c1-2-12-8-10-14(11-9-12)13-6-4-3-5-7-13/h3-4,6-7,12,14H,2,8-11H2,1H3. The van der Waals surface area contributed by atoms with Gasteiger partial charge in [0.15, 0.2) is 0 Å². The first kappa shape index (κ1) is 9.76. The van der Waals surface area contributed by atoms with Crippen molar-refractivity contribution in [2.75, 3.05) is 0 Å². The monoisotopic (exact) mass is 187 g/mol. The Labute approximate surface area is 87.3 Å². The molecule has 1 fully saturated rings. The van der Waals surface area contributed by atoms with Crippen molar-refractivity contribution in [2.24, 2.45) is 5.92 Å². The maximum Gasteiger partial charge on any atom is -0.0162 e. The van der Waals surface area contributed by atoms with Gasteiger partial charge in [-0.05, 0) is 49.1 Å². The summed E-state index contributed by atoms with van der Waals surface area (Å²) < 4.78 is 0. The van der Waals surface area contributed by atoms with Gasteiger partial charge >= 0.3 is 0 Å². The van der Waals surface area contributed by atoms with Gasteiger partial charge < -0.3 is 0 Å². The number of rotatable bonds is 2. The van der Waals surface area contributed by atoms with Crippen molar-refractivity contribution in [1.29, 1.82) is 0 Å². The fraction of sp³-hybridized carbons (Fsp3) is 0.571. The molecule has 1 aromatic rings. The molecule has 0 atom stereocenters. The van der Waals surface area contributed by atoms with Gasteiger partial charge in [-0.2, -0.15) is 0 Å². The Morgan fingerprint density at radius 1 is 1.29 bits per heavy atom. The first-order chi connectivity index (χ1) is 6.90. The minimum Gasteiger partial charge on any atom is -0.0651 e. The van der Waals surface area contributed by atoms with E-state index in [0.29, 0.717) is 0 Å². The summed E-state index contributed by atoms with van der Waals surface area (Å²) in [5.41, 5.74) is 1.50. The number of hydrogen-bond donors (Lipinski definition) is 0. The van der Waals surface area contributed by atoms with E-state index in [2.05, 4.69) is 31.2 Å². The molecule has 1 aliphatic rings. The lowest BCUT2D eigenvalue weighted by atomic mass is 9.78. The predicted octanol–water partition coefficient (Wildman–Crippen LogP) is 4.17. The third kappa shape index (κ3) is 2.17. The predicted molar refractivity (Wildman–Crippen MR) is 60.3 cm³/mol. The fourth-order valence-corrected chi connectivity index (χ4v) is 2.57. The quantitative estimate of drug-likeness (QED) is 0.652. The Balaban J connectivity index is 1.96. The molecule has 0 heteroatoms. The molecule has 0 nitrogen and oxygen atoms in total. The van der Waals surface area contributed by atoms with Gasteiger partial charge in [0.05, 0.1) is 0 Å². The highest BCUT2D eigenvalue weighted by Gasteiger charge is 2.20. The van der Waals surface area contributed by atoms with Gasteiger partial charge in [-0.15, -0.1) is 0 Å². The van der Waals surface area contributed by atoms with Gasteiger partial charge in [-0.1, -0.05) is 37.6 Å². The Morgan fingerprint density at radius 3 is 2.64 bits per heavy atom. The molecule has 0 bridgehead atoms. The van der Waals surface area contributed by atoms with Crippen molar-refractivity contribution >= 4 is 0 Å². The summed E-state index contributed by atoms with van der Waals surface area (Å²) in [5.74, 6) is 1.81. The van der Waals surface area contributed by atoms with Crippen LogP contribution >= 0.6 is 0 Å². The summed E-state index contributed by atoms with van der Waals surface area (Å²) >= 11 is 0. The van der Waals surface area contributed by atoms with Gasteiger partial charge in [0, 0.05) is 0 Å². The van der Waals surface area contributed by atoms with E-state index in [1.165, 1.54) is 37.7 Å². The molecule has 0 unspecified atom stereocenters. The average Bonchev–Trinajstić information content (AvgIpc) is 2.30. The van der Waals surface area contributed by atoms with Crippen molar-refractivity contribution in [3.63, 3.8) is 0 Å². The lowest BCUT2D eigenvalue weighted by Gasteiger charge is -2.27. The van der Waals surface area contributed by atoms with Gasteiger partial charge in [0.25, 0.3) is 0 Å². The minimum absolute atomic E-state index is 0.815. The maximum atomic E-state index is 3.18. The SMILES string of the molecule is CCC1CCC(c2c[c]ccc2)CC1. The highest BCUT2D eigenvalue weighted by atomic mass is 14.3. The topological polar surface area (TPSA) is 0 Å². The van der Waals surface area contributed by atoms with Gasteiger partial charge in [-0.3, -0.25) is 0 Å². The van der Waals surface area contributed by atoms with Crippen molar-refractivity contribution in [3.05, 3.63) is 35.9 Å². The number of benzene rings is 1. The van der Waals surface area contributed by atoms with E-state index in [4.69, 9.17) is 0 Å². The van der Waals surface area contributed by atoms with Crippen LogP contribution in [0.1, 0.15) is 50.5 Å². The van der Waals surface area contributed by atoms with Crippen LogP contribution in [0.2, 0.25) is 0 Å². The lowest BCUT2D eigenvalue weighted by Crippen LogP contribution is -2.12. The smallest absolute Gasteiger partial charge is 0.0162 e. The highest BCUT2D eigenvalue weighted by Crippen LogP contribution is 2.36. The minimum atomic E-state index is 0.815. The molecule has 2 rings (SSSR count). The molecular formula is C14H19. The zero-order valence-electron chi connectivity index (χ0n) is 9.00. The third-order valence-corrected chi connectivity index (χ3v) is 3.63. The first-order valence-electron chi connectivity index (χ1n) is 5.86. The van der Waals surface area contributed by atoms with Gasteiger partial charge in [0.1, 0.15) is 0 Å². The van der Waals surface area contributed by atoms with E-state index in [0.717, 1.165) is 11.8 Å². The summed E-state index contributed by atoms with van der Waals surface area (Å²) in [6, 6.07) is 11.7. The van der Waals surface area contributed by atoms with Crippen LogP contribution in [0.4, 0.5) is 0 Å². The van der Waals surface area contributed by atoms with Gasteiger partial charge in [0.2, 0.25) is 0 Å². The van der Waals surface area contributed by atoms with Crippen LogP contribution in [0.3, 0.4) is 0 Å². The second kappa shape index (κ2) is 4.63. The molecule has 0 aliphatic heterocycles. The molecule has 0 N–H and O–H groups in total. The normalized spacial score (nSPS) is 27.5. The van der Waals surface area contributed by atoms with Gasteiger partial charge in [-0.25, -0.2) is 0 Å². The maximum absolute atomic E-state index is 3.18. The third-order valence-electron chi connectivity index (χ3n) is 3.63. The van der Waals surface area contributed by atoms with Crippen LogP contribution in [0.5, 0.6) is 0 Å². The van der Waals surface area contributed by atoms with Crippen LogP contribution in [-0.4, -0.2) is 0 Å². The molecule has 1 saturated carbocycles. The molecule has 14 heavy (non-hydrogen) atoms. The first-order valence-corrected chi connectivity index (χ1v) is 5.86. The molecule has 0 amide bonds. The Bertz CT molecular complexity index is 255. The molecule has 0 heterocycles. The van der Waals surface area contributed by atoms with E-state index in [9.17, 15) is 0 Å². The molecule has 1 aliphatic carbocycles. The zero-order chi connectivity index (χ0) is 9.80. The van der Waals surface area contributed by atoms with Crippen molar-refractivity contribution in [2.45, 2.75) is 44.9 Å². The summed E-state index contributed by atoms with van der Waals surface area (Å²) in [5, 5.41) is 0. The molecule has 1 aromatic carbocycles. The summed E-state index contributed by atoms with van der Waals surface area (Å²) in [6.45, 7) is 2.32.